The van der Waals surface area contributed by atoms with Crippen LogP contribution < -0.4 is 0 Å². The van der Waals surface area contributed by atoms with Crippen LogP contribution in [0.15, 0.2) is 0 Å². The van der Waals surface area contributed by atoms with Crippen molar-refractivity contribution < 1.29 is 23.8 Å². The number of rotatable bonds is 3. The van der Waals surface area contributed by atoms with Crippen molar-refractivity contribution in [2.24, 2.45) is 0 Å². The van der Waals surface area contributed by atoms with Gasteiger partial charge >= 0.3 is 12.1 Å². The van der Waals surface area contributed by atoms with Gasteiger partial charge in [-0.3, -0.25) is 4.79 Å². The monoisotopic (exact) mass is 200 g/mol. The standard InChI is InChI=1S/C9H12O5/c1-3-12-9(11)14-7-5-4-6-13-8(2)10/h3,6-7H2,1-2H3. The highest BCUT2D eigenvalue weighted by Gasteiger charge is 1.97. The molecule has 0 aliphatic heterocycles. The second-order valence-electron chi connectivity index (χ2n) is 2.11. The van der Waals surface area contributed by atoms with Gasteiger partial charge in [0.25, 0.3) is 0 Å². The Morgan fingerprint density at radius 3 is 2.14 bits per heavy atom. The fourth-order valence-corrected chi connectivity index (χ4v) is 0.494. The molecule has 0 aromatic heterocycles. The summed E-state index contributed by atoms with van der Waals surface area (Å²) in [6.07, 6.45) is -0.755. The average molecular weight is 200 g/mol. The van der Waals surface area contributed by atoms with Crippen LogP contribution in [0.5, 0.6) is 0 Å². The van der Waals surface area contributed by atoms with Crippen molar-refractivity contribution >= 4 is 12.1 Å². The van der Waals surface area contributed by atoms with Crippen molar-refractivity contribution in [1.29, 1.82) is 0 Å². The van der Waals surface area contributed by atoms with E-state index >= 15 is 0 Å². The van der Waals surface area contributed by atoms with Gasteiger partial charge in [0, 0.05) is 6.92 Å². The molecule has 0 aromatic rings. The van der Waals surface area contributed by atoms with Gasteiger partial charge in [-0.1, -0.05) is 11.8 Å². The summed E-state index contributed by atoms with van der Waals surface area (Å²) in [5.41, 5.74) is 0. The molecule has 0 aliphatic rings. The lowest BCUT2D eigenvalue weighted by Gasteiger charge is -1.98. The zero-order valence-corrected chi connectivity index (χ0v) is 8.16. The van der Waals surface area contributed by atoms with Crippen LogP contribution in [-0.2, 0) is 19.0 Å². The number of ether oxygens (including phenoxy) is 3. The van der Waals surface area contributed by atoms with Crippen molar-refractivity contribution in [1.82, 2.24) is 0 Å². The van der Waals surface area contributed by atoms with E-state index in [1.807, 2.05) is 0 Å². The molecule has 0 amide bonds. The number of esters is 1. The minimum absolute atomic E-state index is 0.00151. The zero-order chi connectivity index (χ0) is 10.8. The maximum Gasteiger partial charge on any atom is 0.509 e. The quantitative estimate of drug-likeness (QED) is 0.496. The molecule has 0 radical (unpaired) electrons. The Kier molecular flexibility index (Phi) is 6.96. The summed E-state index contributed by atoms with van der Waals surface area (Å²) in [6, 6.07) is 0. The molecule has 0 saturated heterocycles. The van der Waals surface area contributed by atoms with E-state index in [2.05, 4.69) is 26.1 Å². The van der Waals surface area contributed by atoms with E-state index < -0.39 is 12.1 Å². The first-order valence-electron chi connectivity index (χ1n) is 4.05. The smallest absolute Gasteiger partial charge is 0.453 e. The van der Waals surface area contributed by atoms with Gasteiger partial charge in [0.05, 0.1) is 6.61 Å². The lowest BCUT2D eigenvalue weighted by atomic mass is 10.6. The molecule has 0 N–H and O–H groups in total. The Morgan fingerprint density at radius 2 is 1.64 bits per heavy atom. The van der Waals surface area contributed by atoms with E-state index in [4.69, 9.17) is 0 Å². The first-order valence-corrected chi connectivity index (χ1v) is 4.05. The highest BCUT2D eigenvalue weighted by Crippen LogP contribution is 1.83. The molecular weight excluding hydrogens is 188 g/mol. The summed E-state index contributed by atoms with van der Waals surface area (Å²) in [5, 5.41) is 0. The van der Waals surface area contributed by atoms with Gasteiger partial charge in [-0.25, -0.2) is 4.79 Å². The molecule has 0 aliphatic carbocycles. The molecule has 0 rings (SSSR count). The zero-order valence-electron chi connectivity index (χ0n) is 8.16. The van der Waals surface area contributed by atoms with E-state index in [0.717, 1.165) is 0 Å². The van der Waals surface area contributed by atoms with Crippen LogP contribution in [0.3, 0.4) is 0 Å². The Balaban J connectivity index is 3.42. The second kappa shape index (κ2) is 7.92. The highest BCUT2D eigenvalue weighted by atomic mass is 16.7. The molecule has 14 heavy (non-hydrogen) atoms. The van der Waals surface area contributed by atoms with Crippen LogP contribution in [0.1, 0.15) is 13.8 Å². The molecule has 0 spiro atoms. The van der Waals surface area contributed by atoms with Crippen LogP contribution in [0.25, 0.3) is 0 Å². The summed E-state index contributed by atoms with van der Waals surface area (Å²) in [5.74, 6) is 4.57. The number of carbonyl (C=O) groups is 2. The van der Waals surface area contributed by atoms with Crippen molar-refractivity contribution in [2.75, 3.05) is 19.8 Å². The lowest BCUT2D eigenvalue weighted by molar-refractivity contribution is -0.139. The van der Waals surface area contributed by atoms with Gasteiger partial charge in [0.1, 0.15) is 0 Å². The maximum atomic E-state index is 10.6. The highest BCUT2D eigenvalue weighted by molar-refractivity contribution is 5.66. The Bertz CT molecular complexity index is 248. The predicted octanol–water partition coefficient (Wildman–Crippen LogP) is 0.726. The average Bonchev–Trinajstić information content (AvgIpc) is 2.11. The predicted molar refractivity (Wildman–Crippen MR) is 47.4 cm³/mol. The van der Waals surface area contributed by atoms with Crippen LogP contribution in [0, 0.1) is 11.8 Å². The SMILES string of the molecule is CCOC(=O)OCC#CCOC(C)=O. The summed E-state index contributed by atoms with van der Waals surface area (Å²) in [7, 11) is 0. The van der Waals surface area contributed by atoms with Crippen molar-refractivity contribution in [3.8, 4) is 11.8 Å². The molecule has 5 nitrogen and oxygen atoms in total. The van der Waals surface area contributed by atoms with Gasteiger partial charge in [-0.15, -0.1) is 0 Å². The second-order valence-corrected chi connectivity index (χ2v) is 2.11. The molecule has 78 valence electrons. The van der Waals surface area contributed by atoms with Crippen LogP contribution in [-0.4, -0.2) is 31.9 Å². The van der Waals surface area contributed by atoms with Crippen molar-refractivity contribution in [3.05, 3.63) is 0 Å². The molecular formula is C9H12O5. The third-order valence-corrected chi connectivity index (χ3v) is 0.997. The van der Waals surface area contributed by atoms with Gasteiger partial charge in [-0.2, -0.15) is 0 Å². The fourth-order valence-electron chi connectivity index (χ4n) is 0.494. The minimum atomic E-state index is -0.755. The van der Waals surface area contributed by atoms with E-state index in [1.54, 1.807) is 6.92 Å². The lowest BCUT2D eigenvalue weighted by Crippen LogP contribution is -2.07. The summed E-state index contributed by atoms with van der Waals surface area (Å²) < 4.78 is 13.5. The molecule has 5 heteroatoms. The molecule has 0 fully saturated rings. The summed E-state index contributed by atoms with van der Waals surface area (Å²) in [4.78, 5) is 20.9. The largest absolute Gasteiger partial charge is 0.509 e. The molecule has 0 saturated carbocycles. The van der Waals surface area contributed by atoms with Crippen LogP contribution in [0.4, 0.5) is 4.79 Å². The van der Waals surface area contributed by atoms with Crippen LogP contribution in [0.2, 0.25) is 0 Å². The van der Waals surface area contributed by atoms with E-state index in [1.165, 1.54) is 6.92 Å². The molecule has 0 heterocycles. The summed E-state index contributed by atoms with van der Waals surface area (Å²) >= 11 is 0. The van der Waals surface area contributed by atoms with Gasteiger partial charge in [0.2, 0.25) is 0 Å². The number of hydrogen-bond acceptors (Lipinski definition) is 5. The Labute approximate surface area is 82.3 Å². The fraction of sp³-hybridized carbons (Fsp3) is 0.556. The normalized spacial score (nSPS) is 8.14. The van der Waals surface area contributed by atoms with E-state index in [-0.39, 0.29) is 19.8 Å². The third-order valence-electron chi connectivity index (χ3n) is 0.997. The van der Waals surface area contributed by atoms with E-state index in [0.29, 0.717) is 0 Å². The Morgan fingerprint density at radius 1 is 1.07 bits per heavy atom. The first-order chi connectivity index (χ1) is 6.66. The van der Waals surface area contributed by atoms with Gasteiger partial charge < -0.3 is 14.2 Å². The van der Waals surface area contributed by atoms with Gasteiger partial charge in [0.15, 0.2) is 13.2 Å². The third kappa shape index (κ3) is 8.40. The van der Waals surface area contributed by atoms with Crippen LogP contribution >= 0.6 is 0 Å². The Hall–Kier alpha value is -1.70. The number of carbonyl (C=O) groups excluding carboxylic acids is 2. The maximum absolute atomic E-state index is 10.6. The first kappa shape index (κ1) is 12.3. The molecule has 0 bridgehead atoms. The van der Waals surface area contributed by atoms with Gasteiger partial charge in [-0.05, 0) is 6.92 Å². The molecule has 0 aromatic carbocycles. The van der Waals surface area contributed by atoms with Crippen molar-refractivity contribution in [2.45, 2.75) is 13.8 Å². The molecule has 0 atom stereocenters. The minimum Gasteiger partial charge on any atom is -0.453 e. The number of hydrogen-bond donors (Lipinski definition) is 0. The summed E-state index contributed by atoms with van der Waals surface area (Å²) in [6.45, 7) is 3.16. The van der Waals surface area contributed by atoms with Crippen molar-refractivity contribution in [3.63, 3.8) is 0 Å². The van der Waals surface area contributed by atoms with E-state index in [9.17, 15) is 9.59 Å². The topological polar surface area (TPSA) is 61.8 Å². The molecule has 0 unspecified atom stereocenters.